The van der Waals surface area contributed by atoms with Crippen LogP contribution in [0.25, 0.3) is 0 Å². The lowest BCUT2D eigenvalue weighted by atomic mass is 9.97. The first-order valence-electron chi connectivity index (χ1n) is 5.38. The van der Waals surface area contributed by atoms with Crippen molar-refractivity contribution in [3.05, 3.63) is 0 Å². The van der Waals surface area contributed by atoms with Crippen LogP contribution in [0, 0.1) is 5.92 Å². The van der Waals surface area contributed by atoms with Gasteiger partial charge in [0.05, 0.1) is 6.61 Å². The van der Waals surface area contributed by atoms with Gasteiger partial charge in [-0.25, -0.2) is 0 Å². The summed E-state index contributed by atoms with van der Waals surface area (Å²) in [5, 5.41) is 5.78. The molecule has 0 bridgehead atoms. The maximum atomic E-state index is 11.6. The summed E-state index contributed by atoms with van der Waals surface area (Å²) in [6, 6.07) is 0. The van der Waals surface area contributed by atoms with Gasteiger partial charge >= 0.3 is 5.97 Å². The van der Waals surface area contributed by atoms with Gasteiger partial charge in [-0.05, 0) is 32.9 Å². The Balaban J connectivity index is 2.19. The van der Waals surface area contributed by atoms with E-state index in [1.807, 2.05) is 0 Å². The lowest BCUT2D eigenvalue weighted by molar-refractivity contribution is -0.143. The molecule has 1 heterocycles. The van der Waals surface area contributed by atoms with E-state index in [9.17, 15) is 9.59 Å². The number of amides is 1. The van der Waals surface area contributed by atoms with Crippen molar-refractivity contribution in [2.24, 2.45) is 5.92 Å². The van der Waals surface area contributed by atoms with Gasteiger partial charge < -0.3 is 15.4 Å². The molecule has 0 unspecified atom stereocenters. The fraction of sp³-hybridized carbons (Fsp3) is 0.800. The van der Waals surface area contributed by atoms with E-state index in [2.05, 4.69) is 10.6 Å². The molecule has 0 saturated carbocycles. The van der Waals surface area contributed by atoms with Crippen molar-refractivity contribution in [1.29, 1.82) is 0 Å². The third-order valence-electron chi connectivity index (χ3n) is 2.42. The molecule has 0 aliphatic carbocycles. The molecule has 2 N–H and O–H groups in total. The monoisotopic (exact) mass is 214 g/mol. The van der Waals surface area contributed by atoms with Gasteiger partial charge in [-0.2, -0.15) is 0 Å². The smallest absolute Gasteiger partial charge is 0.325 e. The summed E-state index contributed by atoms with van der Waals surface area (Å²) in [5.74, 6) is -0.370. The Morgan fingerprint density at radius 2 is 2.07 bits per heavy atom. The van der Waals surface area contributed by atoms with Crippen LogP contribution in [-0.4, -0.2) is 38.1 Å². The standard InChI is InChI=1S/C10H18N2O3/c1-2-15-9(13)7-12-10(14)8-3-5-11-6-4-8/h8,11H,2-7H2,1H3,(H,12,14). The quantitative estimate of drug-likeness (QED) is 0.629. The molecule has 5 heteroatoms. The van der Waals surface area contributed by atoms with Gasteiger partial charge in [0, 0.05) is 5.92 Å². The highest BCUT2D eigenvalue weighted by atomic mass is 16.5. The van der Waals surface area contributed by atoms with Crippen molar-refractivity contribution in [3.63, 3.8) is 0 Å². The second-order valence-electron chi connectivity index (χ2n) is 3.55. The van der Waals surface area contributed by atoms with E-state index in [-0.39, 0.29) is 24.3 Å². The number of hydrogen-bond acceptors (Lipinski definition) is 4. The van der Waals surface area contributed by atoms with Crippen LogP contribution in [0.3, 0.4) is 0 Å². The van der Waals surface area contributed by atoms with Gasteiger partial charge in [0.15, 0.2) is 0 Å². The molecule has 0 aromatic rings. The summed E-state index contributed by atoms with van der Waals surface area (Å²) in [7, 11) is 0. The van der Waals surface area contributed by atoms with Crippen molar-refractivity contribution in [2.75, 3.05) is 26.2 Å². The summed E-state index contributed by atoms with van der Waals surface area (Å²) >= 11 is 0. The zero-order valence-electron chi connectivity index (χ0n) is 9.04. The fourth-order valence-electron chi connectivity index (χ4n) is 1.60. The molecule has 0 aromatic heterocycles. The Morgan fingerprint density at radius 1 is 1.40 bits per heavy atom. The molecule has 0 radical (unpaired) electrons. The van der Waals surface area contributed by atoms with Gasteiger partial charge in [-0.3, -0.25) is 9.59 Å². The van der Waals surface area contributed by atoms with Gasteiger partial charge in [0.2, 0.25) is 5.91 Å². The Labute approximate surface area is 89.6 Å². The number of ether oxygens (including phenoxy) is 1. The van der Waals surface area contributed by atoms with Crippen LogP contribution in [-0.2, 0) is 14.3 Å². The molecule has 1 amide bonds. The lowest BCUT2D eigenvalue weighted by Crippen LogP contribution is -2.40. The maximum Gasteiger partial charge on any atom is 0.325 e. The number of esters is 1. The molecule has 0 aromatic carbocycles. The third-order valence-corrected chi connectivity index (χ3v) is 2.42. The van der Waals surface area contributed by atoms with Crippen molar-refractivity contribution in [1.82, 2.24) is 10.6 Å². The summed E-state index contributed by atoms with van der Waals surface area (Å²) < 4.78 is 4.71. The molecule has 86 valence electrons. The minimum Gasteiger partial charge on any atom is -0.465 e. The van der Waals surface area contributed by atoms with Crippen LogP contribution in [0.2, 0.25) is 0 Å². The Kier molecular flexibility index (Phi) is 5.10. The highest BCUT2D eigenvalue weighted by Gasteiger charge is 2.20. The molecule has 1 fully saturated rings. The molecule has 5 nitrogen and oxygen atoms in total. The number of piperidine rings is 1. The summed E-state index contributed by atoms with van der Waals surface area (Å²) in [4.78, 5) is 22.5. The number of hydrogen-bond donors (Lipinski definition) is 2. The molecular weight excluding hydrogens is 196 g/mol. The predicted molar refractivity (Wildman–Crippen MR) is 55.2 cm³/mol. The van der Waals surface area contributed by atoms with E-state index >= 15 is 0 Å². The Bertz CT molecular complexity index is 225. The van der Waals surface area contributed by atoms with E-state index in [0.717, 1.165) is 25.9 Å². The fourth-order valence-corrected chi connectivity index (χ4v) is 1.60. The second-order valence-corrected chi connectivity index (χ2v) is 3.55. The third kappa shape index (κ3) is 4.29. The van der Waals surface area contributed by atoms with E-state index in [0.29, 0.717) is 6.61 Å². The Morgan fingerprint density at radius 3 is 2.67 bits per heavy atom. The first-order valence-corrected chi connectivity index (χ1v) is 5.38. The largest absolute Gasteiger partial charge is 0.465 e. The van der Waals surface area contributed by atoms with Crippen LogP contribution in [0.5, 0.6) is 0 Å². The van der Waals surface area contributed by atoms with Gasteiger partial charge in [-0.1, -0.05) is 0 Å². The van der Waals surface area contributed by atoms with Crippen LogP contribution >= 0.6 is 0 Å². The van der Waals surface area contributed by atoms with E-state index in [1.165, 1.54) is 0 Å². The normalized spacial score (nSPS) is 17.1. The first-order chi connectivity index (χ1) is 7.24. The predicted octanol–water partition coefficient (Wildman–Crippen LogP) is -0.335. The van der Waals surface area contributed by atoms with Crippen LogP contribution in [0.1, 0.15) is 19.8 Å². The molecule has 1 aliphatic heterocycles. The minimum atomic E-state index is -0.375. The van der Waals surface area contributed by atoms with Crippen molar-refractivity contribution in [2.45, 2.75) is 19.8 Å². The number of carbonyl (C=O) groups excluding carboxylic acids is 2. The molecule has 1 aliphatic rings. The van der Waals surface area contributed by atoms with Gasteiger partial charge in [0.25, 0.3) is 0 Å². The molecular formula is C10H18N2O3. The zero-order chi connectivity index (χ0) is 11.1. The first kappa shape index (κ1) is 12.0. The Hall–Kier alpha value is -1.10. The average Bonchev–Trinajstić information content (AvgIpc) is 2.27. The van der Waals surface area contributed by atoms with Crippen molar-refractivity contribution >= 4 is 11.9 Å². The number of carbonyl (C=O) groups is 2. The minimum absolute atomic E-state index is 0.0173. The number of rotatable bonds is 4. The summed E-state index contributed by atoms with van der Waals surface area (Å²) in [6.07, 6.45) is 1.68. The van der Waals surface area contributed by atoms with Gasteiger partial charge in [0.1, 0.15) is 6.54 Å². The highest BCUT2D eigenvalue weighted by molar-refractivity contribution is 5.83. The van der Waals surface area contributed by atoms with Gasteiger partial charge in [-0.15, -0.1) is 0 Å². The lowest BCUT2D eigenvalue weighted by Gasteiger charge is -2.21. The number of nitrogens with one attached hydrogen (secondary N) is 2. The zero-order valence-corrected chi connectivity index (χ0v) is 9.04. The van der Waals surface area contributed by atoms with E-state index in [4.69, 9.17) is 4.74 Å². The average molecular weight is 214 g/mol. The van der Waals surface area contributed by atoms with E-state index < -0.39 is 0 Å². The van der Waals surface area contributed by atoms with Crippen molar-refractivity contribution < 1.29 is 14.3 Å². The van der Waals surface area contributed by atoms with E-state index in [1.54, 1.807) is 6.92 Å². The van der Waals surface area contributed by atoms with Crippen LogP contribution in [0.15, 0.2) is 0 Å². The summed E-state index contributed by atoms with van der Waals surface area (Å²) in [5.41, 5.74) is 0. The highest BCUT2D eigenvalue weighted by Crippen LogP contribution is 2.10. The van der Waals surface area contributed by atoms with Crippen LogP contribution < -0.4 is 10.6 Å². The molecule has 15 heavy (non-hydrogen) atoms. The molecule has 0 atom stereocenters. The topological polar surface area (TPSA) is 67.4 Å². The summed E-state index contributed by atoms with van der Waals surface area (Å²) in [6.45, 7) is 3.82. The molecule has 0 spiro atoms. The molecule has 1 saturated heterocycles. The van der Waals surface area contributed by atoms with Crippen LogP contribution in [0.4, 0.5) is 0 Å². The maximum absolute atomic E-state index is 11.6. The SMILES string of the molecule is CCOC(=O)CNC(=O)C1CCNCC1. The van der Waals surface area contributed by atoms with Crippen molar-refractivity contribution in [3.8, 4) is 0 Å². The second kappa shape index (κ2) is 6.40. The molecule has 1 rings (SSSR count).